The molecule has 0 saturated carbocycles. The Labute approximate surface area is 181 Å². The molecule has 0 radical (unpaired) electrons. The fourth-order valence-electron chi connectivity index (χ4n) is 3.73. The van der Waals surface area contributed by atoms with Gasteiger partial charge in [-0.2, -0.15) is 0 Å². The standard InChI is InChI=1S/C24H27N3O4/c28-23(18-30-21-9-7-19-8-10-24(29)31-22(19)17-21)25-11-4-12-26-13-15-27(16-14-26)20-5-2-1-3-6-20/h1-3,5-10,17H,4,11-16,18H2,(H,25,28). The highest BCUT2D eigenvalue weighted by Crippen LogP contribution is 2.19. The van der Waals surface area contributed by atoms with Gasteiger partial charge in [-0.3, -0.25) is 9.69 Å². The third-order valence-electron chi connectivity index (χ3n) is 5.43. The number of rotatable bonds is 8. The van der Waals surface area contributed by atoms with Gasteiger partial charge in [0.2, 0.25) is 0 Å². The first kappa shape index (κ1) is 20.9. The van der Waals surface area contributed by atoms with E-state index in [1.54, 1.807) is 24.3 Å². The lowest BCUT2D eigenvalue weighted by Crippen LogP contribution is -2.47. The Hall–Kier alpha value is -3.32. The van der Waals surface area contributed by atoms with Crippen molar-refractivity contribution in [3.05, 3.63) is 71.1 Å². The van der Waals surface area contributed by atoms with Crippen LogP contribution < -0.4 is 20.6 Å². The largest absolute Gasteiger partial charge is 0.484 e. The second kappa shape index (κ2) is 10.1. The smallest absolute Gasteiger partial charge is 0.336 e. The molecule has 1 amide bonds. The van der Waals surface area contributed by atoms with Crippen molar-refractivity contribution in [3.63, 3.8) is 0 Å². The van der Waals surface area contributed by atoms with E-state index in [1.807, 2.05) is 6.07 Å². The summed E-state index contributed by atoms with van der Waals surface area (Å²) in [6, 6.07) is 18.7. The van der Waals surface area contributed by atoms with Crippen LogP contribution in [0.15, 0.2) is 69.9 Å². The molecule has 0 bridgehead atoms. The number of hydrogen-bond donors (Lipinski definition) is 1. The number of carbonyl (C=O) groups excluding carboxylic acids is 1. The Morgan fingerprint density at radius 3 is 2.58 bits per heavy atom. The van der Waals surface area contributed by atoms with E-state index in [-0.39, 0.29) is 12.5 Å². The molecule has 1 N–H and O–H groups in total. The van der Waals surface area contributed by atoms with E-state index in [1.165, 1.54) is 11.8 Å². The lowest BCUT2D eigenvalue weighted by Gasteiger charge is -2.36. The normalized spacial score (nSPS) is 14.5. The number of hydrogen-bond acceptors (Lipinski definition) is 6. The monoisotopic (exact) mass is 421 g/mol. The van der Waals surface area contributed by atoms with Crippen molar-refractivity contribution < 1.29 is 13.9 Å². The first-order valence-electron chi connectivity index (χ1n) is 10.6. The number of para-hydroxylation sites is 1. The minimum atomic E-state index is -0.413. The molecule has 4 rings (SSSR count). The van der Waals surface area contributed by atoms with E-state index >= 15 is 0 Å². The molecule has 7 heteroatoms. The van der Waals surface area contributed by atoms with E-state index < -0.39 is 5.63 Å². The predicted molar refractivity (Wildman–Crippen MR) is 121 cm³/mol. The molecule has 2 aromatic carbocycles. The van der Waals surface area contributed by atoms with E-state index in [4.69, 9.17) is 9.15 Å². The van der Waals surface area contributed by atoms with Crippen molar-refractivity contribution in [2.45, 2.75) is 6.42 Å². The molecule has 1 aliphatic heterocycles. The molecular formula is C24H27N3O4. The molecule has 162 valence electrons. The van der Waals surface area contributed by atoms with Gasteiger partial charge in [0.25, 0.3) is 5.91 Å². The van der Waals surface area contributed by atoms with Crippen LogP contribution in [0.4, 0.5) is 5.69 Å². The first-order valence-corrected chi connectivity index (χ1v) is 10.6. The summed E-state index contributed by atoms with van der Waals surface area (Å²) in [7, 11) is 0. The number of fused-ring (bicyclic) bond motifs is 1. The Morgan fingerprint density at radius 1 is 1.00 bits per heavy atom. The van der Waals surface area contributed by atoms with Gasteiger partial charge < -0.3 is 19.4 Å². The van der Waals surface area contributed by atoms with Crippen LogP contribution in [-0.2, 0) is 4.79 Å². The molecule has 0 aliphatic carbocycles. The zero-order chi connectivity index (χ0) is 21.5. The van der Waals surface area contributed by atoms with E-state index in [0.29, 0.717) is 17.9 Å². The van der Waals surface area contributed by atoms with Gasteiger partial charge in [-0.15, -0.1) is 0 Å². The third kappa shape index (κ3) is 5.86. The summed E-state index contributed by atoms with van der Waals surface area (Å²) in [5, 5.41) is 3.71. The van der Waals surface area contributed by atoms with E-state index in [2.05, 4.69) is 39.4 Å². The van der Waals surface area contributed by atoms with Gasteiger partial charge in [-0.1, -0.05) is 18.2 Å². The van der Waals surface area contributed by atoms with Crippen molar-refractivity contribution in [3.8, 4) is 5.75 Å². The Balaban J connectivity index is 1.12. The number of ether oxygens (including phenoxy) is 1. The molecular weight excluding hydrogens is 394 g/mol. The summed E-state index contributed by atoms with van der Waals surface area (Å²) >= 11 is 0. The Morgan fingerprint density at radius 2 is 1.77 bits per heavy atom. The van der Waals surface area contributed by atoms with E-state index in [9.17, 15) is 9.59 Å². The topological polar surface area (TPSA) is 75.0 Å². The lowest BCUT2D eigenvalue weighted by molar-refractivity contribution is -0.123. The van der Waals surface area contributed by atoms with Crippen LogP contribution in [0.3, 0.4) is 0 Å². The van der Waals surface area contributed by atoms with Gasteiger partial charge in [0, 0.05) is 55.9 Å². The minimum absolute atomic E-state index is 0.0711. The van der Waals surface area contributed by atoms with Crippen molar-refractivity contribution in [2.75, 3.05) is 50.8 Å². The second-order valence-corrected chi connectivity index (χ2v) is 7.61. The van der Waals surface area contributed by atoms with Gasteiger partial charge in [-0.25, -0.2) is 4.79 Å². The molecule has 31 heavy (non-hydrogen) atoms. The highest BCUT2D eigenvalue weighted by Gasteiger charge is 2.16. The van der Waals surface area contributed by atoms with Crippen molar-refractivity contribution >= 4 is 22.6 Å². The number of piperazine rings is 1. The van der Waals surface area contributed by atoms with Crippen LogP contribution in [0, 0.1) is 0 Å². The Kier molecular flexibility index (Phi) is 6.84. The highest BCUT2D eigenvalue weighted by atomic mass is 16.5. The quantitative estimate of drug-likeness (QED) is 0.445. The molecule has 1 saturated heterocycles. The maximum atomic E-state index is 12.1. The average molecular weight is 421 g/mol. The fourth-order valence-corrected chi connectivity index (χ4v) is 3.73. The molecule has 0 spiro atoms. The van der Waals surface area contributed by atoms with Crippen LogP contribution in [0.25, 0.3) is 11.0 Å². The summed E-state index contributed by atoms with van der Waals surface area (Å²) in [5.74, 6) is 0.330. The maximum absolute atomic E-state index is 12.1. The number of amides is 1. The first-order chi connectivity index (χ1) is 15.2. The second-order valence-electron chi connectivity index (χ2n) is 7.61. The average Bonchev–Trinajstić information content (AvgIpc) is 2.81. The zero-order valence-corrected chi connectivity index (χ0v) is 17.5. The number of carbonyl (C=O) groups is 1. The van der Waals surface area contributed by atoms with Crippen LogP contribution in [0.5, 0.6) is 5.75 Å². The number of benzene rings is 2. The molecule has 7 nitrogen and oxygen atoms in total. The van der Waals surface area contributed by atoms with Gasteiger partial charge in [0.1, 0.15) is 11.3 Å². The van der Waals surface area contributed by atoms with Crippen LogP contribution >= 0.6 is 0 Å². The number of anilines is 1. The maximum Gasteiger partial charge on any atom is 0.336 e. The molecule has 1 fully saturated rings. The lowest BCUT2D eigenvalue weighted by atomic mass is 10.2. The zero-order valence-electron chi connectivity index (χ0n) is 17.5. The molecule has 1 aliphatic rings. The minimum Gasteiger partial charge on any atom is -0.484 e. The van der Waals surface area contributed by atoms with Crippen molar-refractivity contribution in [1.82, 2.24) is 10.2 Å². The summed E-state index contributed by atoms with van der Waals surface area (Å²) in [5.41, 5.74) is 1.31. The van der Waals surface area contributed by atoms with Crippen LogP contribution in [-0.4, -0.2) is 56.7 Å². The SMILES string of the molecule is O=C(COc1ccc2ccc(=O)oc2c1)NCCCN1CCN(c2ccccc2)CC1. The van der Waals surface area contributed by atoms with Gasteiger partial charge >= 0.3 is 5.63 Å². The molecule has 0 atom stereocenters. The van der Waals surface area contributed by atoms with Gasteiger partial charge in [0.15, 0.2) is 6.61 Å². The van der Waals surface area contributed by atoms with Crippen molar-refractivity contribution in [1.29, 1.82) is 0 Å². The van der Waals surface area contributed by atoms with Crippen LogP contribution in [0.2, 0.25) is 0 Å². The summed E-state index contributed by atoms with van der Waals surface area (Å²) in [6.45, 7) is 5.62. The molecule has 1 aromatic heterocycles. The van der Waals surface area contributed by atoms with Gasteiger partial charge in [0.05, 0.1) is 0 Å². The summed E-state index contributed by atoms with van der Waals surface area (Å²) in [6.07, 6.45) is 0.901. The van der Waals surface area contributed by atoms with Crippen molar-refractivity contribution in [2.24, 2.45) is 0 Å². The van der Waals surface area contributed by atoms with Crippen LogP contribution in [0.1, 0.15) is 6.42 Å². The fraction of sp³-hybridized carbons (Fsp3) is 0.333. The number of nitrogens with one attached hydrogen (secondary N) is 1. The van der Waals surface area contributed by atoms with E-state index in [0.717, 1.165) is 44.5 Å². The number of nitrogens with zero attached hydrogens (tertiary/aromatic N) is 2. The molecule has 2 heterocycles. The summed E-state index contributed by atoms with van der Waals surface area (Å²) in [4.78, 5) is 28.2. The highest BCUT2D eigenvalue weighted by molar-refractivity contribution is 5.79. The predicted octanol–water partition coefficient (Wildman–Crippen LogP) is 2.50. The third-order valence-corrected chi connectivity index (χ3v) is 5.43. The molecule has 0 unspecified atom stereocenters. The van der Waals surface area contributed by atoms with Gasteiger partial charge in [-0.05, 0) is 43.3 Å². The summed E-state index contributed by atoms with van der Waals surface area (Å²) < 4.78 is 10.7. The Bertz CT molecular complexity index is 1060. The molecule has 3 aromatic rings.